The highest BCUT2D eigenvalue weighted by molar-refractivity contribution is 7.09. The quantitative estimate of drug-likeness (QED) is 0.431. The summed E-state index contributed by atoms with van der Waals surface area (Å²) in [6.07, 6.45) is 2.08. The number of aryl methyl sites for hydroxylation is 3. The molecule has 1 heterocycles. The van der Waals surface area contributed by atoms with E-state index in [1.165, 1.54) is 5.01 Å². The molecule has 0 bridgehead atoms. The minimum absolute atomic E-state index is 0.0537. The highest BCUT2D eigenvalue weighted by Gasteiger charge is 2.07. The summed E-state index contributed by atoms with van der Waals surface area (Å²) in [6, 6.07) is 8.07. The molecule has 0 aliphatic carbocycles. The summed E-state index contributed by atoms with van der Waals surface area (Å²) in [6.45, 7) is 7.70. The molecular weight excluding hydrogens is 332 g/mol. The predicted molar refractivity (Wildman–Crippen MR) is 106 cm³/mol. The van der Waals surface area contributed by atoms with Gasteiger partial charge in [-0.2, -0.15) is 0 Å². The summed E-state index contributed by atoms with van der Waals surface area (Å²) in [5, 5.41) is 9.94. The van der Waals surface area contributed by atoms with E-state index in [2.05, 4.69) is 45.9 Å². The van der Waals surface area contributed by atoms with Gasteiger partial charge in [0.15, 0.2) is 5.96 Å². The Morgan fingerprint density at radius 2 is 2.08 bits per heavy atom. The van der Waals surface area contributed by atoms with Crippen LogP contribution in [0.4, 0.5) is 0 Å². The van der Waals surface area contributed by atoms with Gasteiger partial charge < -0.3 is 15.4 Å². The number of hydrogen-bond acceptors (Lipinski definition) is 4. The molecule has 0 radical (unpaired) electrons. The molecule has 136 valence electrons. The summed E-state index contributed by atoms with van der Waals surface area (Å²) in [4.78, 5) is 8.74. The van der Waals surface area contributed by atoms with Gasteiger partial charge in [0.2, 0.25) is 0 Å². The van der Waals surface area contributed by atoms with Crippen LogP contribution in [0.15, 0.2) is 34.6 Å². The second-order valence-corrected chi connectivity index (χ2v) is 7.00. The third-order valence-corrected chi connectivity index (χ3v) is 4.76. The van der Waals surface area contributed by atoms with E-state index in [4.69, 9.17) is 4.74 Å². The smallest absolute Gasteiger partial charge is 0.191 e. The molecule has 5 nitrogen and oxygen atoms in total. The van der Waals surface area contributed by atoms with Crippen molar-refractivity contribution in [2.24, 2.45) is 4.99 Å². The number of ether oxygens (including phenoxy) is 1. The first kappa shape index (κ1) is 19.2. The maximum absolute atomic E-state index is 5.97. The van der Waals surface area contributed by atoms with Crippen molar-refractivity contribution in [1.29, 1.82) is 0 Å². The van der Waals surface area contributed by atoms with Crippen LogP contribution in [0.3, 0.4) is 0 Å². The van der Waals surface area contributed by atoms with Gasteiger partial charge in [0.05, 0.1) is 11.6 Å². The van der Waals surface area contributed by atoms with Crippen LogP contribution in [0.2, 0.25) is 0 Å². The van der Waals surface area contributed by atoms with Gasteiger partial charge in [0.1, 0.15) is 11.9 Å². The molecule has 1 aromatic heterocycles. The average Bonchev–Trinajstić information content (AvgIpc) is 3.01. The van der Waals surface area contributed by atoms with Crippen LogP contribution in [-0.4, -0.2) is 37.2 Å². The number of aliphatic imine (C=N–C) groups is 1. The zero-order chi connectivity index (χ0) is 18.1. The number of aromatic nitrogens is 1. The number of rotatable bonds is 8. The monoisotopic (exact) mass is 360 g/mol. The highest BCUT2D eigenvalue weighted by Crippen LogP contribution is 2.17. The summed E-state index contributed by atoms with van der Waals surface area (Å²) in [7, 11) is 1.78. The molecule has 0 fully saturated rings. The molecule has 0 aliphatic rings. The number of guanidine groups is 1. The number of nitrogens with zero attached hydrogens (tertiary/aromatic N) is 2. The SMILES string of the molecule is CN=C(NCCCc1nc(C)cs1)NCC(C)Oc1ccccc1C. The van der Waals surface area contributed by atoms with Crippen LogP contribution in [0.1, 0.15) is 29.6 Å². The Balaban J connectivity index is 1.66. The third-order valence-electron chi connectivity index (χ3n) is 3.73. The van der Waals surface area contributed by atoms with Crippen molar-refractivity contribution >= 4 is 17.3 Å². The topological polar surface area (TPSA) is 58.5 Å². The van der Waals surface area contributed by atoms with E-state index in [1.54, 1.807) is 18.4 Å². The van der Waals surface area contributed by atoms with E-state index < -0.39 is 0 Å². The molecule has 2 rings (SSSR count). The minimum atomic E-state index is 0.0537. The number of nitrogens with one attached hydrogen (secondary N) is 2. The van der Waals surface area contributed by atoms with Crippen LogP contribution in [0, 0.1) is 13.8 Å². The summed E-state index contributed by atoms with van der Waals surface area (Å²) >= 11 is 1.73. The second-order valence-electron chi connectivity index (χ2n) is 6.06. The first-order valence-corrected chi connectivity index (χ1v) is 9.54. The lowest BCUT2D eigenvalue weighted by Crippen LogP contribution is -2.42. The Morgan fingerprint density at radius 1 is 1.28 bits per heavy atom. The van der Waals surface area contributed by atoms with Crippen molar-refractivity contribution in [3.8, 4) is 5.75 Å². The van der Waals surface area contributed by atoms with E-state index in [0.29, 0.717) is 6.54 Å². The third kappa shape index (κ3) is 6.74. The van der Waals surface area contributed by atoms with Gasteiger partial charge in [-0.25, -0.2) is 4.98 Å². The number of para-hydroxylation sites is 1. The zero-order valence-electron chi connectivity index (χ0n) is 15.5. The Kier molecular flexibility index (Phi) is 7.73. The van der Waals surface area contributed by atoms with Gasteiger partial charge >= 0.3 is 0 Å². The first-order chi connectivity index (χ1) is 12.1. The van der Waals surface area contributed by atoms with E-state index >= 15 is 0 Å². The maximum Gasteiger partial charge on any atom is 0.191 e. The van der Waals surface area contributed by atoms with E-state index in [9.17, 15) is 0 Å². The largest absolute Gasteiger partial charge is 0.489 e. The number of hydrogen-bond donors (Lipinski definition) is 2. The fourth-order valence-electron chi connectivity index (χ4n) is 2.37. The Morgan fingerprint density at radius 3 is 2.76 bits per heavy atom. The Hall–Kier alpha value is -2.08. The van der Waals surface area contributed by atoms with Gasteiger partial charge in [0.25, 0.3) is 0 Å². The van der Waals surface area contributed by atoms with Crippen LogP contribution in [0.5, 0.6) is 5.75 Å². The van der Waals surface area contributed by atoms with E-state index in [-0.39, 0.29) is 6.10 Å². The molecule has 2 N–H and O–H groups in total. The summed E-state index contributed by atoms with van der Waals surface area (Å²) < 4.78 is 5.97. The van der Waals surface area contributed by atoms with Crippen molar-refractivity contribution < 1.29 is 4.74 Å². The molecular formula is C19H28N4OS. The average molecular weight is 361 g/mol. The Labute approximate surface area is 154 Å². The molecule has 1 atom stereocenters. The molecule has 1 aromatic carbocycles. The highest BCUT2D eigenvalue weighted by atomic mass is 32.1. The molecule has 0 spiro atoms. The lowest BCUT2D eigenvalue weighted by atomic mass is 10.2. The molecule has 0 aliphatic heterocycles. The van der Waals surface area contributed by atoms with Gasteiger partial charge in [0, 0.05) is 31.1 Å². The number of thiazole rings is 1. The van der Waals surface area contributed by atoms with Gasteiger partial charge in [-0.15, -0.1) is 11.3 Å². The van der Waals surface area contributed by atoms with Crippen molar-refractivity contribution in [3.05, 3.63) is 45.9 Å². The van der Waals surface area contributed by atoms with E-state index in [1.807, 2.05) is 25.1 Å². The van der Waals surface area contributed by atoms with Crippen LogP contribution >= 0.6 is 11.3 Å². The zero-order valence-corrected chi connectivity index (χ0v) is 16.3. The summed E-state index contributed by atoms with van der Waals surface area (Å²) in [5.41, 5.74) is 2.25. The molecule has 0 saturated carbocycles. The fraction of sp³-hybridized carbons (Fsp3) is 0.474. The molecule has 25 heavy (non-hydrogen) atoms. The van der Waals surface area contributed by atoms with E-state index in [0.717, 1.165) is 42.4 Å². The predicted octanol–water partition coefficient (Wildman–Crippen LogP) is 3.33. The van der Waals surface area contributed by atoms with Crippen molar-refractivity contribution in [1.82, 2.24) is 15.6 Å². The lowest BCUT2D eigenvalue weighted by Gasteiger charge is -2.18. The van der Waals surface area contributed by atoms with Crippen LogP contribution in [-0.2, 0) is 6.42 Å². The van der Waals surface area contributed by atoms with Crippen LogP contribution in [0.25, 0.3) is 0 Å². The second kappa shape index (κ2) is 10.0. The maximum atomic E-state index is 5.97. The van der Waals surface area contributed by atoms with Crippen molar-refractivity contribution in [3.63, 3.8) is 0 Å². The molecule has 0 amide bonds. The lowest BCUT2D eigenvalue weighted by molar-refractivity contribution is 0.222. The first-order valence-electron chi connectivity index (χ1n) is 8.66. The molecule has 6 heteroatoms. The number of benzene rings is 1. The van der Waals surface area contributed by atoms with Gasteiger partial charge in [-0.3, -0.25) is 4.99 Å². The summed E-state index contributed by atoms with van der Waals surface area (Å²) in [5.74, 6) is 1.73. The fourth-order valence-corrected chi connectivity index (χ4v) is 3.19. The normalized spacial score (nSPS) is 12.7. The van der Waals surface area contributed by atoms with Crippen molar-refractivity contribution in [2.45, 2.75) is 39.7 Å². The van der Waals surface area contributed by atoms with Gasteiger partial charge in [-0.1, -0.05) is 18.2 Å². The molecule has 1 unspecified atom stereocenters. The van der Waals surface area contributed by atoms with Gasteiger partial charge in [-0.05, 0) is 38.8 Å². The Bertz CT molecular complexity index is 684. The van der Waals surface area contributed by atoms with Crippen molar-refractivity contribution in [2.75, 3.05) is 20.1 Å². The minimum Gasteiger partial charge on any atom is -0.489 e. The van der Waals surface area contributed by atoms with Crippen LogP contribution < -0.4 is 15.4 Å². The molecule has 0 saturated heterocycles. The molecule has 2 aromatic rings. The standard InChI is InChI=1S/C19H28N4OS/c1-14-8-5-6-9-17(14)24-16(3)12-22-19(20-4)21-11-7-10-18-23-15(2)13-25-18/h5-6,8-9,13,16H,7,10-12H2,1-4H3,(H2,20,21,22).